The lowest BCUT2D eigenvalue weighted by Gasteiger charge is -2.31. The summed E-state index contributed by atoms with van der Waals surface area (Å²) in [4.78, 5) is 0. The Morgan fingerprint density at radius 2 is 1.73 bits per heavy atom. The molecule has 0 aromatic heterocycles. The van der Waals surface area contributed by atoms with Crippen LogP contribution in [0.5, 0.6) is 0 Å². The van der Waals surface area contributed by atoms with E-state index in [9.17, 15) is 21.6 Å². The van der Waals surface area contributed by atoms with E-state index in [4.69, 9.17) is 0 Å². The number of sulfonamides is 1. The largest absolute Gasteiger partial charge is 0.511 e. The summed E-state index contributed by atoms with van der Waals surface area (Å²) in [5.74, 6) is 0. The minimum absolute atomic E-state index is 0.409. The van der Waals surface area contributed by atoms with Gasteiger partial charge >= 0.3 is 15.5 Å². The van der Waals surface area contributed by atoms with E-state index in [2.05, 4.69) is 5.32 Å². The molecule has 90 valence electrons. The van der Waals surface area contributed by atoms with E-state index in [-0.39, 0.29) is 0 Å². The summed E-state index contributed by atoms with van der Waals surface area (Å²) in [5, 5.41) is 2.96. The van der Waals surface area contributed by atoms with Gasteiger partial charge in [0, 0.05) is 13.1 Å². The number of piperidine rings is 1. The Balaban J connectivity index is 2.79. The molecule has 0 aliphatic carbocycles. The quantitative estimate of drug-likeness (QED) is 0.772. The molecule has 1 fully saturated rings. The van der Waals surface area contributed by atoms with Crippen LogP contribution in [-0.2, 0) is 10.0 Å². The molecule has 0 unspecified atom stereocenters. The van der Waals surface area contributed by atoms with Crippen LogP contribution < -0.4 is 5.32 Å². The highest BCUT2D eigenvalue weighted by molar-refractivity contribution is 7.89. The van der Waals surface area contributed by atoms with Gasteiger partial charge in [0.2, 0.25) is 0 Å². The first kappa shape index (κ1) is 12.7. The summed E-state index contributed by atoms with van der Waals surface area (Å²) >= 11 is 0. The molecule has 0 atom stereocenters. The second-order valence-corrected chi connectivity index (χ2v) is 5.44. The van der Waals surface area contributed by atoms with E-state index in [0.717, 1.165) is 7.05 Å². The van der Waals surface area contributed by atoms with Crippen molar-refractivity contribution in [1.29, 1.82) is 0 Å². The number of hydrogen-bond acceptors (Lipinski definition) is 3. The van der Waals surface area contributed by atoms with Crippen LogP contribution in [-0.4, -0.2) is 44.4 Å². The molecule has 0 spiro atoms. The maximum Gasteiger partial charge on any atom is 0.511 e. The molecule has 4 nitrogen and oxygen atoms in total. The minimum Gasteiger partial charge on any atom is -0.317 e. The van der Waals surface area contributed by atoms with Crippen LogP contribution in [0, 0.1) is 0 Å². The molecule has 0 saturated carbocycles. The van der Waals surface area contributed by atoms with Gasteiger partial charge in [-0.05, 0) is 25.9 Å². The first-order valence-electron chi connectivity index (χ1n) is 4.52. The topological polar surface area (TPSA) is 49.4 Å². The second-order valence-electron chi connectivity index (χ2n) is 3.45. The monoisotopic (exact) mass is 246 g/mol. The Morgan fingerprint density at radius 3 is 2.13 bits per heavy atom. The second kappa shape index (κ2) is 4.26. The molecule has 0 aromatic rings. The summed E-state index contributed by atoms with van der Waals surface area (Å²) in [6.07, 6.45) is 0.817. The van der Waals surface area contributed by atoms with E-state index in [1.807, 2.05) is 0 Å². The van der Waals surface area contributed by atoms with Crippen molar-refractivity contribution in [3.05, 3.63) is 0 Å². The smallest absolute Gasteiger partial charge is 0.317 e. The Kier molecular flexibility index (Phi) is 3.62. The fourth-order valence-electron chi connectivity index (χ4n) is 1.53. The highest BCUT2D eigenvalue weighted by Gasteiger charge is 2.50. The van der Waals surface area contributed by atoms with Crippen molar-refractivity contribution in [2.24, 2.45) is 0 Å². The predicted molar refractivity (Wildman–Crippen MR) is 48.6 cm³/mol. The Morgan fingerprint density at radius 1 is 1.27 bits per heavy atom. The van der Waals surface area contributed by atoms with Gasteiger partial charge in [0.1, 0.15) is 0 Å². The molecule has 0 radical (unpaired) electrons. The zero-order valence-electron chi connectivity index (χ0n) is 8.21. The molecule has 1 aliphatic rings. The molecule has 1 rings (SSSR count). The van der Waals surface area contributed by atoms with Gasteiger partial charge in [-0.1, -0.05) is 0 Å². The highest BCUT2D eigenvalue weighted by Crippen LogP contribution is 2.28. The van der Waals surface area contributed by atoms with Crippen molar-refractivity contribution in [3.8, 4) is 0 Å². The molecule has 1 saturated heterocycles. The van der Waals surface area contributed by atoms with E-state index < -0.39 is 21.6 Å². The standard InChI is InChI=1S/C7H13F3N2O2S/c1-12(6-2-4-11-5-3-6)15(13,14)7(8,9)10/h6,11H,2-5H2,1H3. The van der Waals surface area contributed by atoms with Gasteiger partial charge in [-0.2, -0.15) is 17.5 Å². The highest BCUT2D eigenvalue weighted by atomic mass is 32.2. The molecule has 15 heavy (non-hydrogen) atoms. The minimum atomic E-state index is -5.20. The third-order valence-corrected chi connectivity index (χ3v) is 4.14. The third-order valence-electron chi connectivity index (χ3n) is 2.49. The van der Waals surface area contributed by atoms with Gasteiger partial charge in [0.15, 0.2) is 0 Å². The number of alkyl halides is 3. The van der Waals surface area contributed by atoms with Crippen molar-refractivity contribution in [1.82, 2.24) is 9.62 Å². The molecular formula is C7H13F3N2O2S. The maximum absolute atomic E-state index is 12.2. The first-order chi connectivity index (χ1) is 6.77. The Hall–Kier alpha value is -0.340. The third kappa shape index (κ3) is 2.61. The number of nitrogens with one attached hydrogen (secondary N) is 1. The van der Waals surface area contributed by atoms with Gasteiger partial charge in [0.25, 0.3) is 0 Å². The summed E-state index contributed by atoms with van der Waals surface area (Å²) in [6.45, 7) is 1.09. The lowest BCUT2D eigenvalue weighted by molar-refractivity contribution is -0.0495. The summed E-state index contributed by atoms with van der Waals surface area (Å²) in [6, 6.07) is -0.558. The fourth-order valence-corrected chi connectivity index (χ4v) is 2.46. The molecule has 0 aromatic carbocycles. The SMILES string of the molecule is CN(C1CCNCC1)S(=O)(=O)C(F)(F)F. The molecule has 8 heteroatoms. The summed E-state index contributed by atoms with van der Waals surface area (Å²) < 4.78 is 59.1. The Labute approximate surface area is 86.5 Å². The summed E-state index contributed by atoms with van der Waals surface area (Å²) in [5.41, 5.74) is -5.20. The molecular weight excluding hydrogens is 233 g/mol. The van der Waals surface area contributed by atoms with Crippen LogP contribution in [0.25, 0.3) is 0 Å². The van der Waals surface area contributed by atoms with E-state index in [0.29, 0.717) is 30.2 Å². The van der Waals surface area contributed by atoms with Crippen molar-refractivity contribution in [2.45, 2.75) is 24.4 Å². The van der Waals surface area contributed by atoms with Gasteiger partial charge in [0.05, 0.1) is 0 Å². The fraction of sp³-hybridized carbons (Fsp3) is 1.00. The first-order valence-corrected chi connectivity index (χ1v) is 5.96. The van der Waals surface area contributed by atoms with Gasteiger partial charge < -0.3 is 5.32 Å². The predicted octanol–water partition coefficient (Wildman–Crippen LogP) is 0.520. The summed E-state index contributed by atoms with van der Waals surface area (Å²) in [7, 11) is -4.19. The average molecular weight is 246 g/mol. The normalized spacial score (nSPS) is 20.9. The van der Waals surface area contributed by atoms with Crippen molar-refractivity contribution in [3.63, 3.8) is 0 Å². The van der Waals surface area contributed by atoms with Gasteiger partial charge in [-0.15, -0.1) is 0 Å². The van der Waals surface area contributed by atoms with Gasteiger partial charge in [-0.25, -0.2) is 8.42 Å². The lowest BCUT2D eigenvalue weighted by atomic mass is 10.1. The van der Waals surface area contributed by atoms with Crippen molar-refractivity contribution >= 4 is 10.0 Å². The zero-order valence-corrected chi connectivity index (χ0v) is 9.03. The van der Waals surface area contributed by atoms with Crippen molar-refractivity contribution in [2.75, 3.05) is 20.1 Å². The van der Waals surface area contributed by atoms with Crippen LogP contribution >= 0.6 is 0 Å². The van der Waals surface area contributed by atoms with Crippen molar-refractivity contribution < 1.29 is 21.6 Å². The number of rotatable bonds is 2. The zero-order chi connectivity index (χ0) is 11.7. The molecule has 0 bridgehead atoms. The van der Waals surface area contributed by atoms with Crippen LogP contribution in [0.4, 0.5) is 13.2 Å². The van der Waals surface area contributed by atoms with Crippen LogP contribution in [0.15, 0.2) is 0 Å². The number of halogens is 3. The van der Waals surface area contributed by atoms with Gasteiger partial charge in [-0.3, -0.25) is 0 Å². The lowest BCUT2D eigenvalue weighted by Crippen LogP contribution is -2.48. The molecule has 1 aliphatic heterocycles. The number of hydrogen-bond donors (Lipinski definition) is 1. The Bertz CT molecular complexity index is 309. The van der Waals surface area contributed by atoms with Crippen LogP contribution in [0.2, 0.25) is 0 Å². The van der Waals surface area contributed by atoms with E-state index >= 15 is 0 Å². The molecule has 1 N–H and O–H groups in total. The molecule has 0 amide bonds. The van der Waals surface area contributed by atoms with Crippen LogP contribution in [0.3, 0.4) is 0 Å². The number of nitrogens with zero attached hydrogens (tertiary/aromatic N) is 1. The van der Waals surface area contributed by atoms with Crippen LogP contribution in [0.1, 0.15) is 12.8 Å². The molecule has 1 heterocycles. The van der Waals surface area contributed by atoms with E-state index in [1.165, 1.54) is 0 Å². The van der Waals surface area contributed by atoms with E-state index in [1.54, 1.807) is 0 Å². The maximum atomic E-state index is 12.2. The average Bonchev–Trinajstić information content (AvgIpc) is 2.16.